The number of hydrogen-bond donors (Lipinski definition) is 1. The lowest BCUT2D eigenvalue weighted by atomic mass is 10.1. The number of nitrogens with one attached hydrogen (secondary N) is 1. The van der Waals surface area contributed by atoms with Crippen LogP contribution in [0.15, 0.2) is 41.3 Å². The van der Waals surface area contributed by atoms with Gasteiger partial charge in [0.25, 0.3) is 11.6 Å². The lowest BCUT2D eigenvalue weighted by molar-refractivity contribution is -0.385. The Labute approximate surface area is 200 Å². The van der Waals surface area contributed by atoms with Crippen LogP contribution in [0.2, 0.25) is 0 Å². The van der Waals surface area contributed by atoms with Crippen molar-refractivity contribution in [1.82, 2.24) is 4.31 Å². The number of benzene rings is 2. The van der Waals surface area contributed by atoms with E-state index in [0.29, 0.717) is 30.0 Å². The molecule has 34 heavy (non-hydrogen) atoms. The Hall–Kier alpha value is -2.98. The Balaban J connectivity index is 1.70. The predicted octanol–water partition coefficient (Wildman–Crippen LogP) is 4.32. The number of hydrogen-bond acceptors (Lipinski definition) is 6. The van der Waals surface area contributed by atoms with Crippen molar-refractivity contribution in [2.24, 2.45) is 0 Å². The van der Waals surface area contributed by atoms with Crippen molar-refractivity contribution < 1.29 is 18.1 Å². The number of carbonyl (C=O) groups excluding carboxylic acids is 1. The first-order valence-corrected chi connectivity index (χ1v) is 13.2. The minimum atomic E-state index is -3.77. The number of nitro groups is 1. The molecule has 0 radical (unpaired) electrons. The van der Waals surface area contributed by atoms with Gasteiger partial charge in [0.1, 0.15) is 4.90 Å². The molecule has 4 rings (SSSR count). The van der Waals surface area contributed by atoms with Gasteiger partial charge in [-0.3, -0.25) is 14.9 Å². The maximum atomic E-state index is 13.7. The van der Waals surface area contributed by atoms with Gasteiger partial charge >= 0.3 is 0 Å². The van der Waals surface area contributed by atoms with Crippen LogP contribution >= 0.6 is 0 Å². The maximum Gasteiger partial charge on any atom is 0.274 e. The van der Waals surface area contributed by atoms with Gasteiger partial charge in [0.05, 0.1) is 21.9 Å². The van der Waals surface area contributed by atoms with Crippen molar-refractivity contribution in [3.63, 3.8) is 0 Å². The average molecular weight is 487 g/mol. The van der Waals surface area contributed by atoms with Crippen LogP contribution in [0, 0.1) is 17.0 Å². The van der Waals surface area contributed by atoms with E-state index in [1.807, 2.05) is 0 Å². The molecule has 2 aromatic rings. The molecule has 2 aliphatic heterocycles. The quantitative estimate of drug-likeness (QED) is 0.481. The number of anilines is 2. The fraction of sp³-hybridized carbons (Fsp3) is 0.458. The smallest absolute Gasteiger partial charge is 0.274 e. The van der Waals surface area contributed by atoms with Crippen LogP contribution in [-0.4, -0.2) is 49.7 Å². The van der Waals surface area contributed by atoms with E-state index in [2.05, 4.69) is 10.2 Å². The number of piperidine rings is 2. The molecule has 10 heteroatoms. The molecule has 1 N–H and O–H groups in total. The molecule has 9 nitrogen and oxygen atoms in total. The molecule has 0 unspecified atom stereocenters. The summed E-state index contributed by atoms with van der Waals surface area (Å²) in [6.45, 7) is 4.08. The van der Waals surface area contributed by atoms with Gasteiger partial charge in [-0.05, 0) is 63.3 Å². The van der Waals surface area contributed by atoms with Crippen LogP contribution in [0.4, 0.5) is 17.1 Å². The number of amides is 1. The van der Waals surface area contributed by atoms with E-state index in [1.165, 1.54) is 22.5 Å². The summed E-state index contributed by atoms with van der Waals surface area (Å²) in [5, 5.41) is 14.0. The highest BCUT2D eigenvalue weighted by Gasteiger charge is 2.31. The predicted molar refractivity (Wildman–Crippen MR) is 131 cm³/mol. The molecule has 0 aliphatic carbocycles. The third kappa shape index (κ3) is 4.92. The summed E-state index contributed by atoms with van der Waals surface area (Å²) in [5.41, 5.74) is 1.40. The fourth-order valence-corrected chi connectivity index (χ4v) is 6.41. The van der Waals surface area contributed by atoms with Gasteiger partial charge in [-0.1, -0.05) is 12.5 Å². The molecule has 2 saturated heterocycles. The van der Waals surface area contributed by atoms with Gasteiger partial charge in [-0.25, -0.2) is 8.42 Å². The number of carbonyl (C=O) groups is 1. The van der Waals surface area contributed by atoms with Crippen molar-refractivity contribution in [2.45, 2.75) is 50.3 Å². The van der Waals surface area contributed by atoms with Crippen molar-refractivity contribution >= 4 is 33.0 Å². The molecule has 2 heterocycles. The minimum Gasteiger partial charge on any atom is -0.370 e. The van der Waals surface area contributed by atoms with Gasteiger partial charge in [-0.15, -0.1) is 0 Å². The van der Waals surface area contributed by atoms with Crippen LogP contribution in [0.1, 0.15) is 54.4 Å². The maximum absolute atomic E-state index is 13.7. The summed E-state index contributed by atoms with van der Waals surface area (Å²) in [6.07, 6.45) is 5.77. The van der Waals surface area contributed by atoms with Crippen molar-refractivity contribution in [3.8, 4) is 0 Å². The largest absolute Gasteiger partial charge is 0.370 e. The molecule has 0 atom stereocenters. The van der Waals surface area contributed by atoms with Gasteiger partial charge in [0.15, 0.2) is 0 Å². The van der Waals surface area contributed by atoms with Crippen LogP contribution in [0.3, 0.4) is 0 Å². The summed E-state index contributed by atoms with van der Waals surface area (Å²) < 4.78 is 28.8. The van der Waals surface area contributed by atoms with Crippen LogP contribution in [0.25, 0.3) is 0 Å². The molecule has 2 aliphatic rings. The molecule has 0 saturated carbocycles. The van der Waals surface area contributed by atoms with Crippen LogP contribution in [-0.2, 0) is 10.0 Å². The van der Waals surface area contributed by atoms with E-state index in [4.69, 9.17) is 0 Å². The topological polar surface area (TPSA) is 113 Å². The summed E-state index contributed by atoms with van der Waals surface area (Å²) >= 11 is 0. The Bertz CT molecular complexity index is 1190. The highest BCUT2D eigenvalue weighted by atomic mass is 32.2. The van der Waals surface area contributed by atoms with Crippen LogP contribution < -0.4 is 10.2 Å². The number of nitro benzene ring substituents is 1. The molecule has 2 fully saturated rings. The highest BCUT2D eigenvalue weighted by molar-refractivity contribution is 7.89. The Kier molecular flexibility index (Phi) is 7.18. The van der Waals surface area contributed by atoms with E-state index in [1.54, 1.807) is 25.1 Å². The summed E-state index contributed by atoms with van der Waals surface area (Å²) in [7, 11) is -3.77. The molecular formula is C24H30N4O5S. The van der Waals surface area contributed by atoms with E-state index < -0.39 is 20.9 Å². The summed E-state index contributed by atoms with van der Waals surface area (Å²) in [4.78, 5) is 26.1. The molecule has 1 amide bonds. The summed E-state index contributed by atoms with van der Waals surface area (Å²) in [5.74, 6) is -0.510. The van der Waals surface area contributed by atoms with E-state index in [-0.39, 0.29) is 16.1 Å². The summed E-state index contributed by atoms with van der Waals surface area (Å²) in [6, 6.07) is 9.27. The second-order valence-electron chi connectivity index (χ2n) is 8.86. The lowest BCUT2D eigenvalue weighted by Gasteiger charge is -2.33. The number of nitrogens with zero attached hydrogens (tertiary/aromatic N) is 3. The first-order valence-electron chi connectivity index (χ1n) is 11.7. The Morgan fingerprint density at radius 3 is 2.26 bits per heavy atom. The zero-order valence-electron chi connectivity index (χ0n) is 19.3. The molecular weight excluding hydrogens is 456 g/mol. The molecule has 182 valence electrons. The van der Waals surface area contributed by atoms with E-state index >= 15 is 0 Å². The Morgan fingerprint density at radius 2 is 1.62 bits per heavy atom. The highest BCUT2D eigenvalue weighted by Crippen LogP contribution is 2.33. The third-order valence-corrected chi connectivity index (χ3v) is 8.53. The second kappa shape index (κ2) is 10.1. The number of sulfonamides is 1. The first-order chi connectivity index (χ1) is 16.3. The lowest BCUT2D eigenvalue weighted by Crippen LogP contribution is -2.37. The molecule has 0 aromatic heterocycles. The average Bonchev–Trinajstić information content (AvgIpc) is 2.85. The zero-order chi connectivity index (χ0) is 24.3. The third-order valence-electron chi connectivity index (χ3n) is 6.60. The molecule has 0 spiro atoms. The van der Waals surface area contributed by atoms with Crippen LogP contribution in [0.5, 0.6) is 0 Å². The fourth-order valence-electron chi connectivity index (χ4n) is 4.65. The van der Waals surface area contributed by atoms with Gasteiger partial charge < -0.3 is 10.2 Å². The van der Waals surface area contributed by atoms with Gasteiger partial charge in [-0.2, -0.15) is 4.31 Å². The van der Waals surface area contributed by atoms with E-state index in [0.717, 1.165) is 51.6 Å². The van der Waals surface area contributed by atoms with Gasteiger partial charge in [0.2, 0.25) is 10.0 Å². The SMILES string of the molecule is Cc1c(NC(=O)c2ccc(N3CCCCC3)c(S(=O)(=O)N3CCCCC3)c2)cccc1[N+](=O)[O-]. The molecule has 2 aromatic carbocycles. The monoisotopic (exact) mass is 486 g/mol. The number of rotatable bonds is 6. The first kappa shape index (κ1) is 24.2. The van der Waals surface area contributed by atoms with E-state index in [9.17, 15) is 23.3 Å². The molecule has 0 bridgehead atoms. The zero-order valence-corrected chi connectivity index (χ0v) is 20.1. The standard InChI is InChI=1S/C24H30N4O5S/c1-18-20(9-8-10-21(18)28(30)31)25-24(29)19-11-12-22(26-13-4-2-5-14-26)23(17-19)34(32,33)27-15-6-3-7-16-27/h8-12,17H,2-7,13-16H2,1H3,(H,25,29). The van der Waals surface area contributed by atoms with Crippen molar-refractivity contribution in [1.29, 1.82) is 0 Å². The normalized spacial score (nSPS) is 17.4. The minimum absolute atomic E-state index is 0.0911. The van der Waals surface area contributed by atoms with Gasteiger partial charge in [0, 0.05) is 37.8 Å². The van der Waals surface area contributed by atoms with Crippen molar-refractivity contribution in [3.05, 3.63) is 57.6 Å². The van der Waals surface area contributed by atoms with Crippen molar-refractivity contribution in [2.75, 3.05) is 36.4 Å². The Morgan fingerprint density at radius 1 is 0.971 bits per heavy atom. The second-order valence-corrected chi connectivity index (χ2v) is 10.8.